The molecule has 0 bridgehead atoms. The van der Waals surface area contributed by atoms with E-state index >= 15 is 0 Å². The molecule has 2 unspecified atom stereocenters. The molecule has 94 valence electrons. The molecule has 0 aliphatic carbocycles. The molecule has 3 heteroatoms. The Kier molecular flexibility index (Phi) is 4.70. The summed E-state index contributed by atoms with van der Waals surface area (Å²) in [5, 5.41) is 10.1. The zero-order chi connectivity index (χ0) is 13.0. The van der Waals surface area contributed by atoms with Crippen LogP contribution in [-0.4, -0.2) is 18.2 Å². The standard InChI is InChI=1S/C14H20O3/c1-9-6-5-7-12(11(9)3)13(15)8-10(2)14(16)17-4/h5-7,10,13,15H,8H2,1-4H3. The number of esters is 1. The Morgan fingerprint density at radius 2 is 2.06 bits per heavy atom. The monoisotopic (exact) mass is 236 g/mol. The SMILES string of the molecule is COC(=O)C(C)CC(O)c1cccc(C)c1C. The molecular weight excluding hydrogens is 216 g/mol. The highest BCUT2D eigenvalue weighted by Crippen LogP contribution is 2.26. The van der Waals surface area contributed by atoms with Gasteiger partial charge in [0.25, 0.3) is 0 Å². The highest BCUT2D eigenvalue weighted by Gasteiger charge is 2.20. The summed E-state index contributed by atoms with van der Waals surface area (Å²) in [6.45, 7) is 5.76. The minimum atomic E-state index is -0.621. The fraction of sp³-hybridized carbons (Fsp3) is 0.500. The number of hydrogen-bond acceptors (Lipinski definition) is 3. The number of aliphatic hydroxyl groups is 1. The summed E-state index contributed by atoms with van der Waals surface area (Å²) in [5.41, 5.74) is 3.12. The molecule has 17 heavy (non-hydrogen) atoms. The molecule has 1 aromatic rings. The van der Waals surface area contributed by atoms with Crippen LogP contribution in [0.25, 0.3) is 0 Å². The molecule has 0 heterocycles. The summed E-state index contributed by atoms with van der Waals surface area (Å²) >= 11 is 0. The van der Waals surface area contributed by atoms with Gasteiger partial charge < -0.3 is 9.84 Å². The number of carbonyl (C=O) groups excluding carboxylic acids is 1. The topological polar surface area (TPSA) is 46.5 Å². The number of methoxy groups -OCH3 is 1. The molecule has 0 radical (unpaired) electrons. The van der Waals surface area contributed by atoms with Crippen LogP contribution in [0.15, 0.2) is 18.2 Å². The lowest BCUT2D eigenvalue weighted by Crippen LogP contribution is -2.16. The van der Waals surface area contributed by atoms with Crippen molar-refractivity contribution in [3.8, 4) is 0 Å². The van der Waals surface area contributed by atoms with Crippen LogP contribution in [0.2, 0.25) is 0 Å². The van der Waals surface area contributed by atoms with Gasteiger partial charge in [0, 0.05) is 0 Å². The number of aliphatic hydroxyl groups excluding tert-OH is 1. The number of aryl methyl sites for hydroxylation is 1. The van der Waals surface area contributed by atoms with Gasteiger partial charge in [0.1, 0.15) is 0 Å². The van der Waals surface area contributed by atoms with Crippen molar-refractivity contribution in [2.75, 3.05) is 7.11 Å². The van der Waals surface area contributed by atoms with Gasteiger partial charge in [0.15, 0.2) is 0 Å². The van der Waals surface area contributed by atoms with E-state index in [0.29, 0.717) is 6.42 Å². The first-order valence-corrected chi connectivity index (χ1v) is 5.79. The number of rotatable bonds is 4. The second-order valence-electron chi connectivity index (χ2n) is 4.46. The maximum atomic E-state index is 11.3. The second-order valence-corrected chi connectivity index (χ2v) is 4.46. The summed E-state index contributed by atoms with van der Waals surface area (Å²) in [4.78, 5) is 11.3. The van der Waals surface area contributed by atoms with E-state index in [2.05, 4.69) is 4.74 Å². The molecule has 0 amide bonds. The van der Waals surface area contributed by atoms with Crippen LogP contribution < -0.4 is 0 Å². The average Bonchev–Trinajstić information content (AvgIpc) is 2.31. The maximum Gasteiger partial charge on any atom is 0.308 e. The van der Waals surface area contributed by atoms with Gasteiger partial charge in [-0.05, 0) is 37.0 Å². The van der Waals surface area contributed by atoms with E-state index in [1.165, 1.54) is 7.11 Å². The van der Waals surface area contributed by atoms with Crippen molar-refractivity contribution < 1.29 is 14.6 Å². The van der Waals surface area contributed by atoms with Crippen LogP contribution in [0.4, 0.5) is 0 Å². The van der Waals surface area contributed by atoms with Crippen LogP contribution in [0.1, 0.15) is 36.1 Å². The molecular formula is C14H20O3. The minimum Gasteiger partial charge on any atom is -0.469 e. The Morgan fingerprint density at radius 3 is 2.65 bits per heavy atom. The molecule has 2 atom stereocenters. The second kappa shape index (κ2) is 5.82. The van der Waals surface area contributed by atoms with Crippen LogP contribution in [0, 0.1) is 19.8 Å². The molecule has 0 aliphatic heterocycles. The molecule has 0 saturated carbocycles. The van der Waals surface area contributed by atoms with Gasteiger partial charge in [-0.2, -0.15) is 0 Å². The highest BCUT2D eigenvalue weighted by atomic mass is 16.5. The van der Waals surface area contributed by atoms with Crippen molar-refractivity contribution in [3.05, 3.63) is 34.9 Å². The summed E-state index contributed by atoms with van der Waals surface area (Å²) in [5.74, 6) is -0.579. The van der Waals surface area contributed by atoms with Crippen molar-refractivity contribution >= 4 is 5.97 Å². The third-order valence-corrected chi connectivity index (χ3v) is 3.19. The van der Waals surface area contributed by atoms with E-state index in [9.17, 15) is 9.90 Å². The summed E-state index contributed by atoms with van der Waals surface area (Å²) in [6, 6.07) is 5.83. The average molecular weight is 236 g/mol. The van der Waals surface area contributed by atoms with Crippen molar-refractivity contribution in [2.24, 2.45) is 5.92 Å². The molecule has 3 nitrogen and oxygen atoms in total. The minimum absolute atomic E-state index is 0.283. The molecule has 0 spiro atoms. The molecule has 0 aliphatic rings. The Balaban J connectivity index is 2.80. The predicted octanol–water partition coefficient (Wildman–Crippen LogP) is 2.54. The first-order chi connectivity index (χ1) is 7.97. The van der Waals surface area contributed by atoms with Gasteiger partial charge in [0.05, 0.1) is 19.1 Å². The smallest absolute Gasteiger partial charge is 0.308 e. The van der Waals surface area contributed by atoms with Gasteiger partial charge in [-0.15, -0.1) is 0 Å². The molecule has 0 aromatic heterocycles. The van der Waals surface area contributed by atoms with Crippen molar-refractivity contribution in [3.63, 3.8) is 0 Å². The van der Waals surface area contributed by atoms with Crippen LogP contribution >= 0.6 is 0 Å². The quantitative estimate of drug-likeness (QED) is 0.817. The summed E-state index contributed by atoms with van der Waals surface area (Å²) < 4.78 is 4.65. The highest BCUT2D eigenvalue weighted by molar-refractivity contribution is 5.71. The van der Waals surface area contributed by atoms with Gasteiger partial charge in [-0.1, -0.05) is 25.1 Å². The molecule has 1 N–H and O–H groups in total. The van der Waals surface area contributed by atoms with Gasteiger partial charge >= 0.3 is 5.97 Å². The Hall–Kier alpha value is -1.35. The maximum absolute atomic E-state index is 11.3. The van der Waals surface area contributed by atoms with Gasteiger partial charge in [0.2, 0.25) is 0 Å². The molecule has 1 rings (SSSR count). The van der Waals surface area contributed by atoms with Crippen molar-refractivity contribution in [2.45, 2.75) is 33.3 Å². The van der Waals surface area contributed by atoms with Crippen LogP contribution in [0.3, 0.4) is 0 Å². The third kappa shape index (κ3) is 3.30. The number of hydrogen-bond donors (Lipinski definition) is 1. The van der Waals surface area contributed by atoms with Gasteiger partial charge in [-0.3, -0.25) is 4.79 Å². The fourth-order valence-corrected chi connectivity index (χ4v) is 1.89. The van der Waals surface area contributed by atoms with E-state index in [1.807, 2.05) is 32.0 Å². The third-order valence-electron chi connectivity index (χ3n) is 3.19. The number of ether oxygens (including phenoxy) is 1. The lowest BCUT2D eigenvalue weighted by molar-refractivity contribution is -0.145. The Morgan fingerprint density at radius 1 is 1.41 bits per heavy atom. The Bertz CT molecular complexity index is 398. The van der Waals surface area contributed by atoms with E-state index in [4.69, 9.17) is 0 Å². The molecule has 0 fully saturated rings. The normalized spacial score (nSPS) is 14.2. The van der Waals surface area contributed by atoms with Crippen LogP contribution in [-0.2, 0) is 9.53 Å². The van der Waals surface area contributed by atoms with Crippen LogP contribution in [0.5, 0.6) is 0 Å². The van der Waals surface area contributed by atoms with E-state index in [1.54, 1.807) is 6.92 Å². The van der Waals surface area contributed by atoms with E-state index in [-0.39, 0.29) is 11.9 Å². The fourth-order valence-electron chi connectivity index (χ4n) is 1.89. The van der Waals surface area contributed by atoms with Gasteiger partial charge in [-0.25, -0.2) is 0 Å². The summed E-state index contributed by atoms with van der Waals surface area (Å²) in [7, 11) is 1.36. The molecule has 1 aromatic carbocycles. The zero-order valence-electron chi connectivity index (χ0n) is 10.9. The summed E-state index contributed by atoms with van der Waals surface area (Å²) in [6.07, 6.45) is -0.235. The Labute approximate surface area is 102 Å². The predicted molar refractivity (Wildman–Crippen MR) is 66.7 cm³/mol. The van der Waals surface area contributed by atoms with E-state index < -0.39 is 6.10 Å². The van der Waals surface area contributed by atoms with Crippen molar-refractivity contribution in [1.29, 1.82) is 0 Å². The number of carbonyl (C=O) groups is 1. The van der Waals surface area contributed by atoms with Crippen molar-refractivity contribution in [1.82, 2.24) is 0 Å². The van der Waals surface area contributed by atoms with E-state index in [0.717, 1.165) is 16.7 Å². The lowest BCUT2D eigenvalue weighted by atomic mass is 9.93. The lowest BCUT2D eigenvalue weighted by Gasteiger charge is -2.18. The first kappa shape index (κ1) is 13.7. The number of benzene rings is 1. The first-order valence-electron chi connectivity index (χ1n) is 5.79. The largest absolute Gasteiger partial charge is 0.469 e. The zero-order valence-corrected chi connectivity index (χ0v) is 10.9. The molecule has 0 saturated heterocycles.